The van der Waals surface area contributed by atoms with Gasteiger partial charge >= 0.3 is 0 Å². The maximum atomic E-state index is 11.0. The summed E-state index contributed by atoms with van der Waals surface area (Å²) < 4.78 is 24.4. The first-order chi connectivity index (χ1) is 6.16. The molecule has 0 aliphatic carbocycles. The standard InChI is InChI=1S/C8H17N3O2S/c1-7(5-9)10-6-8(2,3)11-14(4,12)13/h7,10-11H,6H2,1-4H3. The third kappa shape index (κ3) is 6.83. The fourth-order valence-electron chi connectivity index (χ4n) is 0.992. The van der Waals surface area contributed by atoms with Crippen molar-refractivity contribution in [1.29, 1.82) is 5.26 Å². The van der Waals surface area contributed by atoms with Crippen LogP contribution in [0.25, 0.3) is 0 Å². The number of rotatable bonds is 5. The van der Waals surface area contributed by atoms with Crippen LogP contribution >= 0.6 is 0 Å². The van der Waals surface area contributed by atoms with Crippen molar-refractivity contribution in [3.8, 4) is 6.07 Å². The summed E-state index contributed by atoms with van der Waals surface area (Å²) in [5, 5.41) is 11.4. The van der Waals surface area contributed by atoms with Gasteiger partial charge in [0.05, 0.1) is 18.4 Å². The molecule has 14 heavy (non-hydrogen) atoms. The minimum Gasteiger partial charge on any atom is -0.300 e. The van der Waals surface area contributed by atoms with Crippen LogP contribution in [0.5, 0.6) is 0 Å². The molecule has 0 aromatic rings. The van der Waals surface area contributed by atoms with Crippen molar-refractivity contribution in [1.82, 2.24) is 10.0 Å². The van der Waals surface area contributed by atoms with Crippen molar-refractivity contribution in [2.24, 2.45) is 0 Å². The first kappa shape index (κ1) is 13.4. The van der Waals surface area contributed by atoms with Crippen molar-refractivity contribution < 1.29 is 8.42 Å². The quantitative estimate of drug-likeness (QED) is 0.672. The minimum atomic E-state index is -3.21. The zero-order valence-electron chi connectivity index (χ0n) is 8.96. The number of nitrogens with zero attached hydrogens (tertiary/aromatic N) is 1. The van der Waals surface area contributed by atoms with Gasteiger partial charge in [-0.3, -0.25) is 0 Å². The average molecular weight is 219 g/mol. The van der Waals surface area contributed by atoms with E-state index in [0.717, 1.165) is 6.26 Å². The van der Waals surface area contributed by atoms with Gasteiger partial charge in [-0.05, 0) is 20.8 Å². The van der Waals surface area contributed by atoms with Gasteiger partial charge in [0.1, 0.15) is 0 Å². The number of hydrogen-bond acceptors (Lipinski definition) is 4. The first-order valence-corrected chi connectivity index (χ1v) is 6.17. The Morgan fingerprint density at radius 3 is 2.36 bits per heavy atom. The third-order valence-corrected chi connectivity index (χ3v) is 2.43. The lowest BCUT2D eigenvalue weighted by molar-refractivity contribution is 0.413. The summed E-state index contributed by atoms with van der Waals surface area (Å²) in [6.07, 6.45) is 1.11. The summed E-state index contributed by atoms with van der Waals surface area (Å²) in [6, 6.07) is 1.73. The summed E-state index contributed by atoms with van der Waals surface area (Å²) >= 11 is 0. The Hall–Kier alpha value is -0.640. The van der Waals surface area contributed by atoms with Crippen molar-refractivity contribution in [2.75, 3.05) is 12.8 Å². The highest BCUT2D eigenvalue weighted by Gasteiger charge is 2.22. The van der Waals surface area contributed by atoms with Crippen molar-refractivity contribution in [2.45, 2.75) is 32.4 Å². The Balaban J connectivity index is 4.17. The van der Waals surface area contributed by atoms with Crippen molar-refractivity contribution in [3.05, 3.63) is 0 Å². The van der Waals surface area contributed by atoms with Gasteiger partial charge in [-0.1, -0.05) is 0 Å². The predicted molar refractivity (Wildman–Crippen MR) is 55.1 cm³/mol. The van der Waals surface area contributed by atoms with Gasteiger partial charge in [0.25, 0.3) is 0 Å². The highest BCUT2D eigenvalue weighted by atomic mass is 32.2. The Morgan fingerprint density at radius 2 is 2.00 bits per heavy atom. The molecule has 1 atom stereocenters. The molecule has 0 amide bonds. The molecule has 2 N–H and O–H groups in total. The first-order valence-electron chi connectivity index (χ1n) is 4.28. The highest BCUT2D eigenvalue weighted by molar-refractivity contribution is 7.88. The molecule has 0 aliphatic heterocycles. The number of sulfonamides is 1. The van der Waals surface area contributed by atoms with Crippen LogP contribution < -0.4 is 10.0 Å². The molecule has 0 heterocycles. The Kier molecular flexibility index (Phi) is 4.52. The van der Waals surface area contributed by atoms with Crippen molar-refractivity contribution >= 4 is 10.0 Å². The normalized spacial score (nSPS) is 14.8. The van der Waals surface area contributed by atoms with E-state index in [1.807, 2.05) is 6.07 Å². The van der Waals surface area contributed by atoms with Gasteiger partial charge in [-0.2, -0.15) is 5.26 Å². The Bertz CT molecular complexity index is 316. The SMILES string of the molecule is CC(C#N)NCC(C)(C)NS(C)(=O)=O. The summed E-state index contributed by atoms with van der Waals surface area (Å²) in [5.41, 5.74) is -0.585. The summed E-state index contributed by atoms with van der Waals surface area (Å²) in [4.78, 5) is 0. The molecule has 0 bridgehead atoms. The molecule has 0 radical (unpaired) electrons. The van der Waals surface area contributed by atoms with Gasteiger partial charge in [0, 0.05) is 12.1 Å². The van der Waals surface area contributed by atoms with E-state index < -0.39 is 15.6 Å². The molecule has 0 aromatic carbocycles. The summed E-state index contributed by atoms with van der Waals surface area (Å²) in [5.74, 6) is 0. The molecule has 0 rings (SSSR count). The van der Waals surface area contributed by atoms with Crippen LogP contribution in [0.2, 0.25) is 0 Å². The zero-order valence-corrected chi connectivity index (χ0v) is 9.77. The summed E-state index contributed by atoms with van der Waals surface area (Å²) in [7, 11) is -3.21. The molecule has 6 heteroatoms. The van der Waals surface area contributed by atoms with E-state index in [4.69, 9.17) is 5.26 Å². The van der Waals surface area contributed by atoms with E-state index in [1.54, 1.807) is 20.8 Å². The van der Waals surface area contributed by atoms with Crippen LogP contribution in [0, 0.1) is 11.3 Å². The third-order valence-electron chi connectivity index (χ3n) is 1.51. The van der Waals surface area contributed by atoms with Crippen LogP contribution in [0.15, 0.2) is 0 Å². The Labute approximate surface area is 85.5 Å². The smallest absolute Gasteiger partial charge is 0.209 e. The maximum Gasteiger partial charge on any atom is 0.209 e. The molecule has 82 valence electrons. The van der Waals surface area contributed by atoms with E-state index in [1.165, 1.54) is 0 Å². The molecule has 0 spiro atoms. The Morgan fingerprint density at radius 1 is 1.50 bits per heavy atom. The predicted octanol–water partition coefficient (Wildman–Crippen LogP) is -0.184. The van der Waals surface area contributed by atoms with Crippen LogP contribution in [0.4, 0.5) is 0 Å². The van der Waals surface area contributed by atoms with E-state index in [2.05, 4.69) is 10.0 Å². The highest BCUT2D eigenvalue weighted by Crippen LogP contribution is 2.02. The molecule has 0 aromatic heterocycles. The number of nitrogens with one attached hydrogen (secondary N) is 2. The summed E-state index contributed by atoms with van der Waals surface area (Å²) in [6.45, 7) is 5.64. The second-order valence-corrected chi connectivity index (χ2v) is 5.74. The fourth-order valence-corrected chi connectivity index (χ4v) is 2.07. The fraction of sp³-hybridized carbons (Fsp3) is 0.875. The number of hydrogen-bond donors (Lipinski definition) is 2. The van der Waals surface area contributed by atoms with E-state index in [9.17, 15) is 8.42 Å². The second-order valence-electron chi connectivity index (χ2n) is 3.99. The van der Waals surface area contributed by atoms with Gasteiger partial charge < -0.3 is 5.32 Å². The molecule has 0 saturated heterocycles. The van der Waals surface area contributed by atoms with Crippen molar-refractivity contribution in [3.63, 3.8) is 0 Å². The molecule has 0 aliphatic rings. The largest absolute Gasteiger partial charge is 0.300 e. The van der Waals surface area contributed by atoms with Crippen LogP contribution in [0.1, 0.15) is 20.8 Å². The topological polar surface area (TPSA) is 82.0 Å². The van der Waals surface area contributed by atoms with Crippen LogP contribution in [-0.2, 0) is 10.0 Å². The van der Waals surface area contributed by atoms with E-state index >= 15 is 0 Å². The molecule has 0 fully saturated rings. The molecule has 0 saturated carbocycles. The second kappa shape index (κ2) is 4.73. The zero-order chi connectivity index (χ0) is 11.4. The van der Waals surface area contributed by atoms with Crippen LogP contribution in [-0.4, -0.2) is 32.8 Å². The molecular formula is C8H17N3O2S. The van der Waals surface area contributed by atoms with Gasteiger partial charge in [-0.25, -0.2) is 13.1 Å². The van der Waals surface area contributed by atoms with E-state index in [0.29, 0.717) is 6.54 Å². The van der Waals surface area contributed by atoms with Gasteiger partial charge in [0.2, 0.25) is 10.0 Å². The lowest BCUT2D eigenvalue weighted by Crippen LogP contribution is -2.51. The molecule has 1 unspecified atom stereocenters. The van der Waals surface area contributed by atoms with Gasteiger partial charge in [0.15, 0.2) is 0 Å². The maximum absolute atomic E-state index is 11.0. The number of nitriles is 1. The lowest BCUT2D eigenvalue weighted by atomic mass is 10.1. The average Bonchev–Trinajstić information content (AvgIpc) is 1.96. The van der Waals surface area contributed by atoms with Crippen LogP contribution in [0.3, 0.4) is 0 Å². The van der Waals surface area contributed by atoms with Gasteiger partial charge in [-0.15, -0.1) is 0 Å². The minimum absolute atomic E-state index is 0.282. The molecule has 5 nitrogen and oxygen atoms in total. The lowest BCUT2D eigenvalue weighted by Gasteiger charge is -2.25. The monoisotopic (exact) mass is 219 g/mol. The molecular weight excluding hydrogens is 202 g/mol. The van der Waals surface area contributed by atoms with E-state index in [-0.39, 0.29) is 6.04 Å².